The second-order valence-electron chi connectivity index (χ2n) is 4.07. The predicted octanol–water partition coefficient (Wildman–Crippen LogP) is 1.20. The highest BCUT2D eigenvalue weighted by atomic mass is 32.1. The summed E-state index contributed by atoms with van der Waals surface area (Å²) in [6.45, 7) is 0.782. The van der Waals surface area contributed by atoms with Crippen LogP contribution < -0.4 is 10.6 Å². The summed E-state index contributed by atoms with van der Waals surface area (Å²) in [7, 11) is 1.80. The summed E-state index contributed by atoms with van der Waals surface area (Å²) in [6.07, 6.45) is 0.798. The van der Waals surface area contributed by atoms with E-state index >= 15 is 0 Å². The van der Waals surface area contributed by atoms with Crippen molar-refractivity contribution in [3.05, 3.63) is 30.3 Å². The van der Waals surface area contributed by atoms with Gasteiger partial charge in [0.15, 0.2) is 5.11 Å². The molecule has 1 aliphatic rings. The number of anilines is 1. The third kappa shape index (κ3) is 2.94. The molecule has 4 nitrogen and oxygen atoms in total. The highest BCUT2D eigenvalue weighted by Crippen LogP contribution is 2.09. The van der Waals surface area contributed by atoms with Gasteiger partial charge in [0.05, 0.1) is 0 Å². The standard InChI is InChI=1S/C12H15N3OS/c1-15-8-7-10(11(15)16)14-12(17)13-9-5-3-2-4-6-9/h2-6,10H,7-8H2,1H3,(H2,13,14,17). The number of likely N-dealkylation sites (tertiary alicyclic amines) is 1. The minimum Gasteiger partial charge on any atom is -0.351 e. The first-order chi connectivity index (χ1) is 8.16. The van der Waals surface area contributed by atoms with E-state index < -0.39 is 0 Å². The minimum atomic E-state index is -0.191. The molecule has 2 N–H and O–H groups in total. The van der Waals surface area contributed by atoms with Crippen LogP contribution in [0.1, 0.15) is 6.42 Å². The van der Waals surface area contributed by atoms with Crippen LogP contribution in [0, 0.1) is 0 Å². The fraction of sp³-hybridized carbons (Fsp3) is 0.333. The van der Waals surface area contributed by atoms with E-state index in [0.29, 0.717) is 5.11 Å². The van der Waals surface area contributed by atoms with Crippen LogP contribution in [-0.4, -0.2) is 35.6 Å². The zero-order chi connectivity index (χ0) is 12.3. The Morgan fingerprint density at radius 2 is 2.12 bits per heavy atom. The lowest BCUT2D eigenvalue weighted by Crippen LogP contribution is -2.42. The van der Waals surface area contributed by atoms with Gasteiger partial charge in [0.25, 0.3) is 0 Å². The summed E-state index contributed by atoms with van der Waals surface area (Å²) in [5.74, 6) is 0.0993. The van der Waals surface area contributed by atoms with E-state index in [1.807, 2.05) is 30.3 Å². The van der Waals surface area contributed by atoms with Crippen LogP contribution in [0.5, 0.6) is 0 Å². The Morgan fingerprint density at radius 3 is 2.71 bits per heavy atom. The fourth-order valence-corrected chi connectivity index (χ4v) is 2.06. The topological polar surface area (TPSA) is 44.4 Å². The number of hydrogen-bond donors (Lipinski definition) is 2. The van der Waals surface area contributed by atoms with Gasteiger partial charge in [-0.15, -0.1) is 0 Å². The highest BCUT2D eigenvalue weighted by molar-refractivity contribution is 7.80. The Morgan fingerprint density at radius 1 is 1.41 bits per heavy atom. The van der Waals surface area contributed by atoms with Crippen molar-refractivity contribution in [1.29, 1.82) is 0 Å². The average Bonchev–Trinajstić information content (AvgIpc) is 2.62. The molecule has 0 bridgehead atoms. The third-order valence-electron chi connectivity index (χ3n) is 2.76. The smallest absolute Gasteiger partial charge is 0.244 e. The average molecular weight is 249 g/mol. The first-order valence-electron chi connectivity index (χ1n) is 5.54. The van der Waals surface area contributed by atoms with Gasteiger partial charge in [-0.1, -0.05) is 18.2 Å². The van der Waals surface area contributed by atoms with Gasteiger partial charge in [-0.25, -0.2) is 0 Å². The van der Waals surface area contributed by atoms with Gasteiger partial charge in [0.1, 0.15) is 6.04 Å². The molecule has 0 radical (unpaired) electrons. The van der Waals surface area contributed by atoms with Gasteiger partial charge >= 0.3 is 0 Å². The number of amides is 1. The van der Waals surface area contributed by atoms with E-state index in [1.165, 1.54) is 0 Å². The van der Waals surface area contributed by atoms with E-state index in [0.717, 1.165) is 18.7 Å². The number of para-hydroxylation sites is 1. The van der Waals surface area contributed by atoms with Gasteiger partial charge in [0.2, 0.25) is 5.91 Å². The molecular formula is C12H15N3OS. The summed E-state index contributed by atoms with van der Waals surface area (Å²) in [5, 5.41) is 6.58. The Bertz CT molecular complexity index is 421. The van der Waals surface area contributed by atoms with E-state index in [9.17, 15) is 4.79 Å². The molecule has 0 aliphatic carbocycles. The van der Waals surface area contributed by atoms with Crippen LogP contribution in [-0.2, 0) is 4.79 Å². The van der Waals surface area contributed by atoms with E-state index in [4.69, 9.17) is 12.2 Å². The highest BCUT2D eigenvalue weighted by Gasteiger charge is 2.29. The Labute approximate surface area is 106 Å². The predicted molar refractivity (Wildman–Crippen MR) is 71.8 cm³/mol. The van der Waals surface area contributed by atoms with Crippen molar-refractivity contribution in [3.8, 4) is 0 Å². The van der Waals surface area contributed by atoms with Crippen LogP contribution >= 0.6 is 12.2 Å². The monoisotopic (exact) mass is 249 g/mol. The molecule has 1 amide bonds. The van der Waals surface area contributed by atoms with Crippen LogP contribution in [0.3, 0.4) is 0 Å². The molecule has 5 heteroatoms. The van der Waals surface area contributed by atoms with Crippen molar-refractivity contribution < 1.29 is 4.79 Å². The van der Waals surface area contributed by atoms with E-state index in [2.05, 4.69) is 10.6 Å². The number of likely N-dealkylation sites (N-methyl/N-ethyl adjacent to an activating group) is 1. The van der Waals surface area contributed by atoms with Crippen LogP contribution in [0.4, 0.5) is 5.69 Å². The van der Waals surface area contributed by atoms with Gasteiger partial charge in [-0.3, -0.25) is 4.79 Å². The molecule has 1 atom stereocenters. The van der Waals surface area contributed by atoms with Gasteiger partial charge in [-0.2, -0.15) is 0 Å². The Kier molecular flexibility index (Phi) is 3.58. The van der Waals surface area contributed by atoms with Crippen LogP contribution in [0.25, 0.3) is 0 Å². The van der Waals surface area contributed by atoms with Gasteiger partial charge < -0.3 is 15.5 Å². The molecule has 1 saturated heterocycles. The molecular weight excluding hydrogens is 234 g/mol. The molecule has 90 valence electrons. The van der Waals surface area contributed by atoms with E-state index in [1.54, 1.807) is 11.9 Å². The normalized spacial score (nSPS) is 19.2. The van der Waals surface area contributed by atoms with Crippen molar-refractivity contribution >= 4 is 28.9 Å². The SMILES string of the molecule is CN1CCC(NC(=S)Nc2ccccc2)C1=O. The first kappa shape index (κ1) is 11.9. The van der Waals surface area contributed by atoms with Crippen molar-refractivity contribution in [2.45, 2.75) is 12.5 Å². The number of carbonyl (C=O) groups excluding carboxylic acids is 1. The van der Waals surface area contributed by atoms with Crippen molar-refractivity contribution in [1.82, 2.24) is 10.2 Å². The number of nitrogens with one attached hydrogen (secondary N) is 2. The summed E-state index contributed by atoms with van der Waals surface area (Å²) >= 11 is 5.17. The second kappa shape index (κ2) is 5.14. The van der Waals surface area contributed by atoms with Crippen molar-refractivity contribution in [2.75, 3.05) is 18.9 Å². The minimum absolute atomic E-state index is 0.0993. The molecule has 1 aromatic carbocycles. The maximum atomic E-state index is 11.7. The quantitative estimate of drug-likeness (QED) is 0.773. The molecule has 1 heterocycles. The van der Waals surface area contributed by atoms with Gasteiger partial charge in [-0.05, 0) is 30.8 Å². The zero-order valence-electron chi connectivity index (χ0n) is 9.64. The molecule has 1 aliphatic heterocycles. The Hall–Kier alpha value is -1.62. The lowest BCUT2D eigenvalue weighted by molar-refractivity contribution is -0.127. The first-order valence-corrected chi connectivity index (χ1v) is 5.95. The van der Waals surface area contributed by atoms with E-state index in [-0.39, 0.29) is 11.9 Å². The van der Waals surface area contributed by atoms with Gasteiger partial charge in [0, 0.05) is 19.3 Å². The summed E-state index contributed by atoms with van der Waals surface area (Å²) < 4.78 is 0. The number of rotatable bonds is 2. The summed E-state index contributed by atoms with van der Waals surface area (Å²) in [4.78, 5) is 13.4. The second-order valence-corrected chi connectivity index (χ2v) is 4.47. The summed E-state index contributed by atoms with van der Waals surface area (Å²) in [5.41, 5.74) is 0.920. The number of nitrogens with zero attached hydrogens (tertiary/aromatic N) is 1. The number of carbonyl (C=O) groups is 1. The lowest BCUT2D eigenvalue weighted by Gasteiger charge is -2.15. The number of benzene rings is 1. The Balaban J connectivity index is 1.88. The zero-order valence-corrected chi connectivity index (χ0v) is 10.5. The van der Waals surface area contributed by atoms with Crippen LogP contribution in [0.2, 0.25) is 0 Å². The molecule has 0 spiro atoms. The molecule has 1 aromatic rings. The molecule has 1 unspecified atom stereocenters. The van der Waals surface area contributed by atoms with Crippen LogP contribution in [0.15, 0.2) is 30.3 Å². The number of thiocarbonyl (C=S) groups is 1. The molecule has 0 saturated carbocycles. The maximum absolute atomic E-state index is 11.7. The molecule has 0 aromatic heterocycles. The molecule has 1 fully saturated rings. The molecule has 17 heavy (non-hydrogen) atoms. The van der Waals surface area contributed by atoms with Crippen molar-refractivity contribution in [2.24, 2.45) is 0 Å². The largest absolute Gasteiger partial charge is 0.351 e. The lowest BCUT2D eigenvalue weighted by atomic mass is 10.2. The van der Waals surface area contributed by atoms with Crippen molar-refractivity contribution in [3.63, 3.8) is 0 Å². The molecule has 2 rings (SSSR count). The maximum Gasteiger partial charge on any atom is 0.244 e. The fourth-order valence-electron chi connectivity index (χ4n) is 1.80. The number of hydrogen-bond acceptors (Lipinski definition) is 2. The summed E-state index contributed by atoms with van der Waals surface area (Å²) in [6, 6.07) is 9.46. The third-order valence-corrected chi connectivity index (χ3v) is 2.98.